The van der Waals surface area contributed by atoms with Gasteiger partial charge in [-0.05, 0) is 6.07 Å². The first-order valence-electron chi connectivity index (χ1n) is 6.63. The predicted octanol–water partition coefficient (Wildman–Crippen LogP) is 1.65. The standard InChI is InChI=1S/C14H12F2N2O3S/c15-9-5-7-12(19)8(14(20)21)6-22-13(7)10(16)11(9)18-3-1-17-2-4-18/h5-6,17H,1-4H2,(H,20,21). The summed E-state index contributed by atoms with van der Waals surface area (Å²) in [6, 6.07) is 0.932. The zero-order valence-electron chi connectivity index (χ0n) is 11.4. The van der Waals surface area contributed by atoms with Crippen LogP contribution in [0.4, 0.5) is 14.5 Å². The van der Waals surface area contributed by atoms with Crippen LogP contribution < -0.4 is 15.6 Å². The maximum absolute atomic E-state index is 14.6. The molecule has 1 saturated heterocycles. The fourth-order valence-electron chi connectivity index (χ4n) is 2.52. The van der Waals surface area contributed by atoms with Gasteiger partial charge in [0.05, 0.1) is 4.70 Å². The number of piperazine rings is 1. The first kappa shape index (κ1) is 14.9. The van der Waals surface area contributed by atoms with E-state index in [0.717, 1.165) is 22.8 Å². The maximum atomic E-state index is 14.6. The third-order valence-corrected chi connectivity index (χ3v) is 4.59. The normalized spacial score (nSPS) is 15.3. The second-order valence-corrected chi connectivity index (χ2v) is 5.80. The second kappa shape index (κ2) is 5.62. The van der Waals surface area contributed by atoms with E-state index in [0.29, 0.717) is 26.2 Å². The van der Waals surface area contributed by atoms with E-state index >= 15 is 0 Å². The molecule has 0 atom stereocenters. The molecule has 0 unspecified atom stereocenters. The monoisotopic (exact) mass is 326 g/mol. The van der Waals surface area contributed by atoms with Crippen molar-refractivity contribution in [1.82, 2.24) is 5.32 Å². The number of fused-ring (bicyclic) bond motifs is 1. The number of anilines is 1. The molecule has 0 radical (unpaired) electrons. The molecule has 1 aliphatic heterocycles. The molecular weight excluding hydrogens is 314 g/mol. The van der Waals surface area contributed by atoms with Crippen molar-refractivity contribution >= 4 is 33.1 Å². The van der Waals surface area contributed by atoms with E-state index in [-0.39, 0.29) is 15.8 Å². The summed E-state index contributed by atoms with van der Waals surface area (Å²) in [5, 5.41) is 12.9. The van der Waals surface area contributed by atoms with E-state index in [1.807, 2.05) is 0 Å². The van der Waals surface area contributed by atoms with Crippen molar-refractivity contribution in [3.8, 4) is 0 Å². The van der Waals surface area contributed by atoms with Gasteiger partial charge in [0.1, 0.15) is 17.1 Å². The van der Waals surface area contributed by atoms with Gasteiger partial charge in [-0.25, -0.2) is 13.6 Å². The lowest BCUT2D eigenvalue weighted by Gasteiger charge is -2.30. The van der Waals surface area contributed by atoms with Crippen molar-refractivity contribution in [3.05, 3.63) is 38.9 Å². The molecule has 0 bridgehead atoms. The second-order valence-electron chi connectivity index (χ2n) is 4.92. The Morgan fingerprint density at radius 3 is 2.64 bits per heavy atom. The topological polar surface area (TPSA) is 69.6 Å². The molecule has 3 rings (SSSR count). The van der Waals surface area contributed by atoms with E-state index in [1.54, 1.807) is 4.90 Å². The van der Waals surface area contributed by atoms with Crippen LogP contribution in [-0.2, 0) is 0 Å². The number of halogens is 2. The minimum Gasteiger partial charge on any atom is -0.478 e. The van der Waals surface area contributed by atoms with E-state index < -0.39 is 28.6 Å². The Hall–Kier alpha value is -2.06. The molecule has 8 heteroatoms. The lowest BCUT2D eigenvalue weighted by atomic mass is 10.1. The van der Waals surface area contributed by atoms with Crippen molar-refractivity contribution in [2.75, 3.05) is 31.1 Å². The third-order valence-electron chi connectivity index (χ3n) is 3.60. The van der Waals surface area contributed by atoms with Gasteiger partial charge in [0.25, 0.3) is 0 Å². The zero-order valence-corrected chi connectivity index (χ0v) is 12.2. The molecule has 1 fully saturated rings. The van der Waals surface area contributed by atoms with Gasteiger partial charge in [0, 0.05) is 36.9 Å². The summed E-state index contributed by atoms with van der Waals surface area (Å²) in [7, 11) is 0. The van der Waals surface area contributed by atoms with Crippen LogP contribution in [-0.4, -0.2) is 37.3 Å². The summed E-state index contributed by atoms with van der Waals surface area (Å²) < 4.78 is 28.9. The molecule has 5 nitrogen and oxygen atoms in total. The van der Waals surface area contributed by atoms with Crippen LogP contribution in [0.2, 0.25) is 0 Å². The molecule has 2 N–H and O–H groups in total. The lowest BCUT2D eigenvalue weighted by Crippen LogP contribution is -2.44. The van der Waals surface area contributed by atoms with Gasteiger partial charge in [-0.3, -0.25) is 4.79 Å². The summed E-state index contributed by atoms with van der Waals surface area (Å²) >= 11 is 0.795. The molecule has 2 heterocycles. The van der Waals surface area contributed by atoms with Crippen molar-refractivity contribution in [2.24, 2.45) is 0 Å². The highest BCUT2D eigenvalue weighted by atomic mass is 32.1. The quantitative estimate of drug-likeness (QED) is 0.878. The van der Waals surface area contributed by atoms with Crippen molar-refractivity contribution < 1.29 is 18.7 Å². The number of hydrogen-bond acceptors (Lipinski definition) is 5. The smallest absolute Gasteiger partial charge is 0.340 e. The average molecular weight is 326 g/mol. The Bertz CT molecular complexity index is 816. The van der Waals surface area contributed by atoms with E-state index in [4.69, 9.17) is 5.11 Å². The Morgan fingerprint density at radius 1 is 1.32 bits per heavy atom. The van der Waals surface area contributed by atoms with E-state index in [9.17, 15) is 18.4 Å². The molecule has 0 saturated carbocycles. The van der Waals surface area contributed by atoms with Gasteiger partial charge < -0.3 is 15.3 Å². The van der Waals surface area contributed by atoms with Crippen LogP contribution >= 0.6 is 11.3 Å². The van der Waals surface area contributed by atoms with Gasteiger partial charge in [0.2, 0.25) is 5.43 Å². The number of carbonyl (C=O) groups is 1. The SMILES string of the molecule is O=C(O)c1csc2c(F)c(N3CCNCC3)c(F)cc2c1=O. The Balaban J connectivity index is 2.23. The van der Waals surface area contributed by atoms with E-state index in [2.05, 4.69) is 5.32 Å². The fourth-order valence-corrected chi connectivity index (χ4v) is 3.44. The minimum absolute atomic E-state index is 0.0232. The Kier molecular flexibility index (Phi) is 3.79. The number of aromatic carboxylic acids is 1. The van der Waals surface area contributed by atoms with Crippen LogP contribution in [0.25, 0.3) is 10.1 Å². The van der Waals surface area contributed by atoms with Gasteiger partial charge in [-0.15, -0.1) is 11.3 Å². The average Bonchev–Trinajstić information content (AvgIpc) is 2.49. The van der Waals surface area contributed by atoms with Gasteiger partial charge in [0.15, 0.2) is 5.82 Å². The van der Waals surface area contributed by atoms with Crippen LogP contribution in [0.3, 0.4) is 0 Å². The third kappa shape index (κ3) is 2.34. The first-order valence-corrected chi connectivity index (χ1v) is 7.51. The highest BCUT2D eigenvalue weighted by Gasteiger charge is 2.24. The molecule has 1 aliphatic rings. The van der Waals surface area contributed by atoms with Crippen molar-refractivity contribution in [3.63, 3.8) is 0 Å². The number of benzene rings is 1. The van der Waals surface area contributed by atoms with E-state index in [1.165, 1.54) is 0 Å². The highest BCUT2D eigenvalue weighted by Crippen LogP contribution is 2.32. The van der Waals surface area contributed by atoms with Crippen molar-refractivity contribution in [2.45, 2.75) is 0 Å². The van der Waals surface area contributed by atoms with Gasteiger partial charge >= 0.3 is 5.97 Å². The molecule has 1 aromatic heterocycles. The first-order chi connectivity index (χ1) is 10.5. The maximum Gasteiger partial charge on any atom is 0.340 e. The Labute approximate surface area is 127 Å². The predicted molar refractivity (Wildman–Crippen MR) is 80.1 cm³/mol. The minimum atomic E-state index is -1.41. The van der Waals surface area contributed by atoms with Crippen molar-refractivity contribution in [1.29, 1.82) is 0 Å². The Morgan fingerprint density at radius 2 is 2.00 bits per heavy atom. The van der Waals surface area contributed by atoms with Gasteiger partial charge in [-0.1, -0.05) is 0 Å². The summed E-state index contributed by atoms with van der Waals surface area (Å²) in [4.78, 5) is 24.6. The molecule has 2 aromatic rings. The molecular formula is C14H12F2N2O3S. The summed E-state index contributed by atoms with van der Waals surface area (Å²) in [6.07, 6.45) is 0. The number of carboxylic acid groups (broad SMARTS) is 1. The lowest BCUT2D eigenvalue weighted by molar-refractivity contribution is 0.0696. The molecule has 1 aromatic carbocycles. The molecule has 0 aliphatic carbocycles. The highest BCUT2D eigenvalue weighted by molar-refractivity contribution is 7.16. The molecule has 116 valence electrons. The number of nitrogens with one attached hydrogen (secondary N) is 1. The fraction of sp³-hybridized carbons (Fsp3) is 0.286. The summed E-state index contributed by atoms with van der Waals surface area (Å²) in [5.41, 5.74) is -1.51. The number of carboxylic acids is 1. The largest absolute Gasteiger partial charge is 0.478 e. The number of hydrogen-bond donors (Lipinski definition) is 2. The molecule has 22 heavy (non-hydrogen) atoms. The van der Waals surface area contributed by atoms with Crippen LogP contribution in [0.5, 0.6) is 0 Å². The van der Waals surface area contributed by atoms with Gasteiger partial charge in [-0.2, -0.15) is 0 Å². The molecule has 0 amide bonds. The van der Waals surface area contributed by atoms with Crippen LogP contribution in [0, 0.1) is 11.6 Å². The molecule has 0 spiro atoms. The summed E-state index contributed by atoms with van der Waals surface area (Å²) in [6.45, 7) is 2.15. The van der Waals surface area contributed by atoms with Crippen LogP contribution in [0.15, 0.2) is 16.2 Å². The summed E-state index contributed by atoms with van der Waals surface area (Å²) in [5.74, 6) is -3.06. The number of rotatable bonds is 2. The number of nitrogens with zero attached hydrogens (tertiary/aromatic N) is 1. The van der Waals surface area contributed by atoms with Crippen LogP contribution in [0.1, 0.15) is 10.4 Å². The zero-order chi connectivity index (χ0) is 15.9.